The second-order valence-electron chi connectivity index (χ2n) is 6.88. The van der Waals surface area contributed by atoms with Crippen LogP contribution >= 0.6 is 11.3 Å². The van der Waals surface area contributed by atoms with Crippen LogP contribution in [-0.4, -0.2) is 16.8 Å². The van der Waals surface area contributed by atoms with E-state index in [0.717, 1.165) is 18.4 Å². The molecule has 0 atom stereocenters. The molecule has 1 heterocycles. The van der Waals surface area contributed by atoms with Crippen molar-refractivity contribution < 1.29 is 9.53 Å². The van der Waals surface area contributed by atoms with Gasteiger partial charge in [-0.2, -0.15) is 16.6 Å². The van der Waals surface area contributed by atoms with E-state index < -0.39 is 0 Å². The molecular weight excluding hydrogens is 368 g/mol. The summed E-state index contributed by atoms with van der Waals surface area (Å²) in [4.78, 5) is 15.1. The Morgan fingerprint density at radius 3 is 2.79 bits per heavy atom. The number of benzene rings is 2. The molecule has 4 rings (SSSR count). The molecule has 1 aliphatic rings. The molecule has 0 radical (unpaired) electrons. The number of hydrogen-bond donors (Lipinski definition) is 0. The summed E-state index contributed by atoms with van der Waals surface area (Å²) in [5.74, 6) is 0.668. The molecule has 5 heteroatoms. The van der Waals surface area contributed by atoms with Crippen molar-refractivity contribution >= 4 is 17.2 Å². The summed E-state index contributed by atoms with van der Waals surface area (Å²) in [6, 6.07) is 19.3. The minimum Gasteiger partial charge on any atom is -0.489 e. The smallest absolute Gasteiger partial charge is 0.254 e. The maximum Gasteiger partial charge on any atom is 0.254 e. The Bertz CT molecular complexity index is 1000. The van der Waals surface area contributed by atoms with Gasteiger partial charge in [-0.3, -0.25) is 4.79 Å². The van der Waals surface area contributed by atoms with Crippen LogP contribution in [0.4, 0.5) is 0 Å². The first-order valence-electron chi connectivity index (χ1n) is 9.27. The van der Waals surface area contributed by atoms with Crippen LogP contribution in [0.25, 0.3) is 0 Å². The summed E-state index contributed by atoms with van der Waals surface area (Å²) in [7, 11) is 0. The topological polar surface area (TPSA) is 53.3 Å². The van der Waals surface area contributed by atoms with E-state index >= 15 is 0 Å². The van der Waals surface area contributed by atoms with Crippen molar-refractivity contribution in [3.05, 3.63) is 87.6 Å². The Hall–Kier alpha value is -3.10. The summed E-state index contributed by atoms with van der Waals surface area (Å²) in [5, 5.41) is 13.3. The van der Waals surface area contributed by atoms with Crippen molar-refractivity contribution in [3.63, 3.8) is 0 Å². The summed E-state index contributed by atoms with van der Waals surface area (Å²) in [5.41, 5.74) is 3.24. The van der Waals surface area contributed by atoms with E-state index in [1.165, 1.54) is 5.56 Å². The van der Waals surface area contributed by atoms with Crippen LogP contribution in [0, 0.1) is 11.3 Å². The van der Waals surface area contributed by atoms with Gasteiger partial charge in [0.2, 0.25) is 0 Å². The number of rotatable bonds is 7. The molecule has 1 saturated carbocycles. The third kappa shape index (κ3) is 4.24. The van der Waals surface area contributed by atoms with Crippen LogP contribution in [0.3, 0.4) is 0 Å². The summed E-state index contributed by atoms with van der Waals surface area (Å²) >= 11 is 1.65. The normalized spacial score (nSPS) is 13.0. The predicted octanol–water partition coefficient (Wildman–Crippen LogP) is 5.00. The van der Waals surface area contributed by atoms with Crippen LogP contribution in [0.1, 0.15) is 39.9 Å². The van der Waals surface area contributed by atoms with Crippen molar-refractivity contribution in [2.45, 2.75) is 32.0 Å². The molecule has 1 aliphatic carbocycles. The Kier molecular flexibility index (Phi) is 5.41. The number of carbonyl (C=O) groups is 1. The minimum atomic E-state index is 0.0385. The van der Waals surface area contributed by atoms with Gasteiger partial charge in [0, 0.05) is 23.7 Å². The Morgan fingerprint density at radius 1 is 1.18 bits per heavy atom. The SMILES string of the molecule is N#Cc1ccccc1COc1cccc(C(=O)N(Cc2ccsc2)C2CC2)c1. The van der Waals surface area contributed by atoms with E-state index in [0.29, 0.717) is 36.1 Å². The third-order valence-corrected chi connectivity index (χ3v) is 5.53. The van der Waals surface area contributed by atoms with Crippen molar-refractivity contribution in [2.24, 2.45) is 0 Å². The minimum absolute atomic E-state index is 0.0385. The first kappa shape index (κ1) is 18.3. The fraction of sp³-hybridized carbons (Fsp3) is 0.217. The zero-order valence-corrected chi connectivity index (χ0v) is 16.2. The van der Waals surface area contributed by atoms with E-state index in [1.54, 1.807) is 23.5 Å². The molecule has 0 unspecified atom stereocenters. The van der Waals surface area contributed by atoms with Gasteiger partial charge in [0.1, 0.15) is 12.4 Å². The fourth-order valence-corrected chi connectivity index (χ4v) is 3.79. The molecule has 1 aromatic heterocycles. The van der Waals surface area contributed by atoms with Gasteiger partial charge in [-0.15, -0.1) is 0 Å². The number of nitrogens with zero attached hydrogens (tertiary/aromatic N) is 2. The molecule has 3 aromatic rings. The van der Waals surface area contributed by atoms with Crippen LogP contribution in [-0.2, 0) is 13.2 Å². The summed E-state index contributed by atoms with van der Waals surface area (Å²) in [6.07, 6.45) is 2.13. The first-order valence-corrected chi connectivity index (χ1v) is 10.2. The molecule has 2 aromatic carbocycles. The number of carbonyl (C=O) groups excluding carboxylic acids is 1. The van der Waals surface area contributed by atoms with Gasteiger partial charge in [-0.1, -0.05) is 24.3 Å². The molecule has 28 heavy (non-hydrogen) atoms. The lowest BCUT2D eigenvalue weighted by atomic mass is 10.1. The van der Waals surface area contributed by atoms with Crippen LogP contribution in [0.2, 0.25) is 0 Å². The maximum absolute atomic E-state index is 13.1. The number of amides is 1. The largest absolute Gasteiger partial charge is 0.489 e. The van der Waals surface area contributed by atoms with Gasteiger partial charge in [-0.25, -0.2) is 0 Å². The van der Waals surface area contributed by atoms with Gasteiger partial charge in [-0.05, 0) is 59.5 Å². The van der Waals surface area contributed by atoms with Crippen LogP contribution in [0.5, 0.6) is 5.75 Å². The third-order valence-electron chi connectivity index (χ3n) is 4.79. The van der Waals surface area contributed by atoms with Gasteiger partial charge in [0.25, 0.3) is 5.91 Å². The molecule has 0 spiro atoms. The monoisotopic (exact) mass is 388 g/mol. The lowest BCUT2D eigenvalue weighted by Gasteiger charge is -2.22. The zero-order valence-electron chi connectivity index (χ0n) is 15.4. The first-order chi connectivity index (χ1) is 13.7. The number of hydrogen-bond acceptors (Lipinski definition) is 4. The Balaban J connectivity index is 1.48. The van der Waals surface area contributed by atoms with Gasteiger partial charge < -0.3 is 9.64 Å². The van der Waals surface area contributed by atoms with Gasteiger partial charge >= 0.3 is 0 Å². The second kappa shape index (κ2) is 8.28. The van der Waals surface area contributed by atoms with E-state index in [2.05, 4.69) is 17.5 Å². The quantitative estimate of drug-likeness (QED) is 0.572. The Morgan fingerprint density at radius 2 is 2.04 bits per heavy atom. The average molecular weight is 388 g/mol. The van der Waals surface area contributed by atoms with Gasteiger partial charge in [0.15, 0.2) is 0 Å². The number of nitriles is 1. The van der Waals surface area contributed by atoms with Crippen LogP contribution in [0.15, 0.2) is 65.4 Å². The summed E-state index contributed by atoms with van der Waals surface area (Å²) < 4.78 is 5.87. The van der Waals surface area contributed by atoms with Crippen molar-refractivity contribution in [3.8, 4) is 11.8 Å². The zero-order chi connectivity index (χ0) is 19.3. The van der Waals surface area contributed by atoms with E-state index in [4.69, 9.17) is 4.74 Å². The molecule has 0 saturated heterocycles. The molecule has 0 N–H and O–H groups in total. The maximum atomic E-state index is 13.1. The number of ether oxygens (including phenoxy) is 1. The van der Waals surface area contributed by atoms with E-state index in [1.807, 2.05) is 46.7 Å². The lowest BCUT2D eigenvalue weighted by Crippen LogP contribution is -2.32. The molecular formula is C23H20N2O2S. The molecule has 4 nitrogen and oxygen atoms in total. The molecule has 0 aliphatic heterocycles. The highest BCUT2D eigenvalue weighted by Gasteiger charge is 2.33. The second-order valence-corrected chi connectivity index (χ2v) is 7.66. The average Bonchev–Trinajstić information content (AvgIpc) is 3.45. The molecule has 1 fully saturated rings. The Labute approximate surface area is 168 Å². The van der Waals surface area contributed by atoms with E-state index in [9.17, 15) is 10.1 Å². The highest BCUT2D eigenvalue weighted by atomic mass is 32.1. The van der Waals surface area contributed by atoms with E-state index in [-0.39, 0.29) is 5.91 Å². The predicted molar refractivity (Wildman–Crippen MR) is 109 cm³/mol. The highest BCUT2D eigenvalue weighted by Crippen LogP contribution is 2.30. The fourth-order valence-electron chi connectivity index (χ4n) is 3.13. The molecule has 0 bridgehead atoms. The standard InChI is InChI=1S/C23H20N2O2S/c24-13-19-4-1-2-5-20(19)15-27-22-7-3-6-18(12-22)23(26)25(21-8-9-21)14-17-10-11-28-16-17/h1-7,10-12,16,21H,8-9,14-15H2. The molecule has 1 amide bonds. The van der Waals surface area contributed by atoms with Gasteiger partial charge in [0.05, 0.1) is 11.6 Å². The molecule has 140 valence electrons. The number of thiophene rings is 1. The van der Waals surface area contributed by atoms with Crippen molar-refractivity contribution in [2.75, 3.05) is 0 Å². The van der Waals surface area contributed by atoms with Crippen LogP contribution < -0.4 is 4.74 Å². The lowest BCUT2D eigenvalue weighted by molar-refractivity contribution is 0.0729. The highest BCUT2D eigenvalue weighted by molar-refractivity contribution is 7.07. The van der Waals surface area contributed by atoms with Crippen molar-refractivity contribution in [1.29, 1.82) is 5.26 Å². The van der Waals surface area contributed by atoms with Crippen molar-refractivity contribution in [1.82, 2.24) is 4.90 Å². The summed E-state index contributed by atoms with van der Waals surface area (Å²) in [6.45, 7) is 0.941.